The number of hydrogen-bond acceptors (Lipinski definition) is 4. The molecule has 0 bridgehead atoms. The molecular formula is C16H15BrCl2N2O3S2. The van der Waals surface area contributed by atoms with Gasteiger partial charge >= 0.3 is 0 Å². The van der Waals surface area contributed by atoms with Crippen LogP contribution in [0.3, 0.4) is 0 Å². The summed E-state index contributed by atoms with van der Waals surface area (Å²) in [7, 11) is -3.50. The first-order chi connectivity index (χ1) is 12.3. The zero-order valence-corrected chi connectivity index (χ0v) is 18.1. The van der Waals surface area contributed by atoms with Gasteiger partial charge in [0.2, 0.25) is 5.91 Å². The van der Waals surface area contributed by atoms with Gasteiger partial charge < -0.3 is 5.32 Å². The minimum atomic E-state index is -3.50. The van der Waals surface area contributed by atoms with E-state index < -0.39 is 10.0 Å². The Balaban J connectivity index is 1.61. The summed E-state index contributed by atoms with van der Waals surface area (Å²) in [6, 6.07) is 8.20. The molecule has 1 aromatic heterocycles. The predicted octanol–water partition coefficient (Wildman–Crippen LogP) is 4.86. The number of sulfonamides is 1. The Labute approximate surface area is 174 Å². The molecule has 5 nitrogen and oxygen atoms in total. The fraction of sp³-hybridized carbons (Fsp3) is 0.312. The molecule has 140 valence electrons. The molecule has 0 radical (unpaired) electrons. The van der Waals surface area contributed by atoms with Crippen LogP contribution in [0.2, 0.25) is 10.0 Å². The summed E-state index contributed by atoms with van der Waals surface area (Å²) in [4.78, 5) is 12.4. The predicted molar refractivity (Wildman–Crippen MR) is 109 cm³/mol. The molecule has 0 saturated carbocycles. The van der Waals surface area contributed by atoms with Crippen molar-refractivity contribution in [2.45, 2.75) is 17.1 Å². The van der Waals surface area contributed by atoms with E-state index in [0.29, 0.717) is 45.9 Å². The highest BCUT2D eigenvalue weighted by atomic mass is 79.9. The molecule has 26 heavy (non-hydrogen) atoms. The first-order valence-electron chi connectivity index (χ1n) is 7.79. The summed E-state index contributed by atoms with van der Waals surface area (Å²) >= 11 is 16.3. The lowest BCUT2D eigenvalue weighted by atomic mass is 9.97. The second-order valence-electron chi connectivity index (χ2n) is 5.86. The van der Waals surface area contributed by atoms with Gasteiger partial charge in [0, 0.05) is 24.7 Å². The average molecular weight is 498 g/mol. The third-order valence-corrected chi connectivity index (χ3v) is 8.88. The van der Waals surface area contributed by atoms with Crippen molar-refractivity contribution in [2.75, 3.05) is 18.4 Å². The maximum absolute atomic E-state index is 12.6. The highest BCUT2D eigenvalue weighted by molar-refractivity contribution is 9.11. The highest BCUT2D eigenvalue weighted by Crippen LogP contribution is 2.31. The number of hydrogen-bond donors (Lipinski definition) is 1. The summed E-state index contributed by atoms with van der Waals surface area (Å²) in [6.07, 6.45) is 0.942. The van der Waals surface area contributed by atoms with E-state index in [9.17, 15) is 13.2 Å². The van der Waals surface area contributed by atoms with Crippen molar-refractivity contribution in [3.63, 3.8) is 0 Å². The van der Waals surface area contributed by atoms with Gasteiger partial charge in [-0.3, -0.25) is 4.79 Å². The number of piperidine rings is 1. The zero-order valence-electron chi connectivity index (χ0n) is 13.4. The molecular weight excluding hydrogens is 483 g/mol. The third kappa shape index (κ3) is 4.43. The normalized spacial score (nSPS) is 16.6. The Morgan fingerprint density at radius 3 is 2.42 bits per heavy atom. The molecule has 1 saturated heterocycles. The maximum Gasteiger partial charge on any atom is 0.252 e. The van der Waals surface area contributed by atoms with Crippen molar-refractivity contribution >= 4 is 72.1 Å². The van der Waals surface area contributed by atoms with Crippen LogP contribution < -0.4 is 5.32 Å². The molecule has 0 atom stereocenters. The minimum Gasteiger partial charge on any atom is -0.326 e. The quantitative estimate of drug-likeness (QED) is 0.656. The van der Waals surface area contributed by atoms with Crippen LogP contribution in [-0.4, -0.2) is 31.7 Å². The topological polar surface area (TPSA) is 66.5 Å². The van der Waals surface area contributed by atoms with Crippen LogP contribution in [0, 0.1) is 5.92 Å². The zero-order chi connectivity index (χ0) is 18.9. The van der Waals surface area contributed by atoms with E-state index in [1.54, 1.807) is 30.3 Å². The van der Waals surface area contributed by atoms with Gasteiger partial charge in [0.25, 0.3) is 10.0 Å². The number of carbonyl (C=O) groups excluding carboxylic acids is 1. The lowest BCUT2D eigenvalue weighted by Gasteiger charge is -2.30. The summed E-state index contributed by atoms with van der Waals surface area (Å²) in [5.41, 5.74) is 0.572. The third-order valence-electron chi connectivity index (χ3n) is 4.15. The fourth-order valence-corrected chi connectivity index (χ4v) is 6.67. The largest absolute Gasteiger partial charge is 0.326 e. The van der Waals surface area contributed by atoms with E-state index in [1.165, 1.54) is 15.6 Å². The molecule has 1 aromatic carbocycles. The molecule has 10 heteroatoms. The van der Waals surface area contributed by atoms with Gasteiger partial charge in [0.15, 0.2) is 0 Å². The molecule has 0 aliphatic carbocycles. The van der Waals surface area contributed by atoms with E-state index in [1.807, 2.05) is 0 Å². The molecule has 1 aliphatic heterocycles. The van der Waals surface area contributed by atoms with Crippen molar-refractivity contribution in [1.29, 1.82) is 0 Å². The van der Waals surface area contributed by atoms with Crippen LogP contribution in [0.5, 0.6) is 0 Å². The van der Waals surface area contributed by atoms with Gasteiger partial charge in [-0.05, 0) is 59.1 Å². The number of thiophene rings is 1. The van der Waals surface area contributed by atoms with Gasteiger partial charge in [-0.2, -0.15) is 4.31 Å². The first kappa shape index (κ1) is 20.1. The lowest BCUT2D eigenvalue weighted by molar-refractivity contribution is -0.120. The van der Waals surface area contributed by atoms with Gasteiger partial charge in [0.05, 0.1) is 13.8 Å². The van der Waals surface area contributed by atoms with E-state index in [2.05, 4.69) is 21.2 Å². The molecule has 0 spiro atoms. The van der Waals surface area contributed by atoms with Crippen molar-refractivity contribution in [1.82, 2.24) is 4.31 Å². The highest BCUT2D eigenvalue weighted by Gasteiger charge is 2.32. The molecule has 1 N–H and O–H groups in total. The van der Waals surface area contributed by atoms with Crippen molar-refractivity contribution < 1.29 is 13.2 Å². The van der Waals surface area contributed by atoms with Gasteiger partial charge in [-0.15, -0.1) is 11.3 Å². The first-order valence-corrected chi connectivity index (χ1v) is 11.6. The Morgan fingerprint density at radius 2 is 1.85 bits per heavy atom. The number of amides is 1. The van der Waals surface area contributed by atoms with E-state index in [4.69, 9.17) is 23.2 Å². The summed E-state index contributed by atoms with van der Waals surface area (Å²) in [5, 5.41) is 3.60. The van der Waals surface area contributed by atoms with Gasteiger partial charge in [-0.1, -0.05) is 23.2 Å². The number of benzene rings is 1. The molecule has 1 amide bonds. The van der Waals surface area contributed by atoms with Crippen LogP contribution >= 0.6 is 50.5 Å². The smallest absolute Gasteiger partial charge is 0.252 e. The molecule has 1 fully saturated rings. The van der Waals surface area contributed by atoms with Crippen LogP contribution in [0.1, 0.15) is 12.8 Å². The number of rotatable bonds is 4. The summed E-state index contributed by atoms with van der Waals surface area (Å²) < 4.78 is 27.8. The number of anilines is 1. The van der Waals surface area contributed by atoms with Gasteiger partial charge in [-0.25, -0.2) is 8.42 Å². The Bertz CT molecular complexity index is 925. The molecule has 2 aromatic rings. The van der Waals surface area contributed by atoms with E-state index in [0.717, 1.165) is 3.79 Å². The van der Waals surface area contributed by atoms with Crippen LogP contribution in [0.4, 0.5) is 5.69 Å². The molecule has 1 aliphatic rings. The lowest BCUT2D eigenvalue weighted by Crippen LogP contribution is -2.41. The maximum atomic E-state index is 12.6. The fourth-order valence-electron chi connectivity index (χ4n) is 2.74. The van der Waals surface area contributed by atoms with Crippen molar-refractivity contribution in [2.24, 2.45) is 5.92 Å². The Kier molecular flexibility index (Phi) is 6.31. The van der Waals surface area contributed by atoms with E-state index in [-0.39, 0.29) is 11.8 Å². The SMILES string of the molecule is O=C(Nc1ccc(Cl)c(Cl)c1)C1CCN(S(=O)(=O)c2ccc(Br)s2)CC1. The van der Waals surface area contributed by atoms with Crippen molar-refractivity contribution in [3.8, 4) is 0 Å². The number of carbonyl (C=O) groups is 1. The Hall–Kier alpha value is -0.640. The summed E-state index contributed by atoms with van der Waals surface area (Å²) in [6.45, 7) is 0.634. The van der Waals surface area contributed by atoms with Crippen LogP contribution in [0.15, 0.2) is 38.3 Å². The molecule has 3 rings (SSSR count). The number of nitrogens with one attached hydrogen (secondary N) is 1. The monoisotopic (exact) mass is 496 g/mol. The Morgan fingerprint density at radius 1 is 1.15 bits per heavy atom. The van der Waals surface area contributed by atoms with Crippen LogP contribution in [-0.2, 0) is 14.8 Å². The standard InChI is InChI=1S/C16H15BrCl2N2O3S2/c17-14-3-4-15(25-14)26(23,24)21-7-5-10(6-8-21)16(22)20-11-1-2-12(18)13(19)9-11/h1-4,9-10H,5-8H2,(H,20,22). The average Bonchev–Trinajstić information content (AvgIpc) is 3.05. The number of nitrogens with zero attached hydrogens (tertiary/aromatic N) is 1. The minimum absolute atomic E-state index is 0.140. The molecule has 0 unspecified atom stereocenters. The second-order valence-corrected chi connectivity index (χ2v) is 11.3. The van der Waals surface area contributed by atoms with E-state index >= 15 is 0 Å². The number of halogens is 3. The van der Waals surface area contributed by atoms with Gasteiger partial charge in [0.1, 0.15) is 4.21 Å². The van der Waals surface area contributed by atoms with Crippen LogP contribution in [0.25, 0.3) is 0 Å². The second kappa shape index (κ2) is 8.16. The summed E-state index contributed by atoms with van der Waals surface area (Å²) in [5.74, 6) is -0.384. The van der Waals surface area contributed by atoms with Crippen molar-refractivity contribution in [3.05, 3.63) is 44.2 Å². The molecule has 2 heterocycles.